The maximum Gasteiger partial charge on any atom is 0.310 e. The fraction of sp³-hybridized carbons (Fsp3) is 0.860. The van der Waals surface area contributed by atoms with Crippen molar-refractivity contribution in [3.05, 3.63) is 11.8 Å². The third kappa shape index (κ3) is 32.1. The molecule has 13 heteroatoms. The summed E-state index contributed by atoms with van der Waals surface area (Å²) in [5.74, 6) is -0.895. The van der Waals surface area contributed by atoms with Crippen LogP contribution in [0.15, 0.2) is 6.08 Å². The molecular weight excluding hydrogens is 903 g/mol. The first-order valence-corrected chi connectivity index (χ1v) is 29.5. The van der Waals surface area contributed by atoms with Gasteiger partial charge in [-0.05, 0) is 32.1 Å². The Kier molecular flexibility index (Phi) is 38.2. The highest BCUT2D eigenvalue weighted by Crippen LogP contribution is 2.32. The first-order valence-electron chi connectivity index (χ1n) is 28.8. The molecule has 0 saturated carbocycles. The van der Waals surface area contributed by atoms with E-state index in [1.807, 2.05) is 6.92 Å². The van der Waals surface area contributed by atoms with Crippen molar-refractivity contribution in [1.82, 2.24) is 8.75 Å². The third-order valence-electron chi connectivity index (χ3n) is 13.9. The van der Waals surface area contributed by atoms with E-state index in [0.29, 0.717) is 49.2 Å². The maximum absolute atomic E-state index is 13.0. The number of carbonyl (C=O) groups excluding carboxylic acids is 4. The summed E-state index contributed by atoms with van der Waals surface area (Å²) in [6.07, 6.45) is 39.8. The van der Waals surface area contributed by atoms with Crippen LogP contribution in [-0.2, 0) is 38.1 Å². The van der Waals surface area contributed by atoms with Crippen molar-refractivity contribution in [2.24, 2.45) is 0 Å². The first-order chi connectivity index (χ1) is 34.1. The average molecular weight is 1010 g/mol. The quantitative estimate of drug-likeness (QED) is 0.0267. The minimum absolute atomic E-state index is 0.0752. The SMILES string of the molecule is CCCCCCCCCCCCCCCC(=O)OCC(COC(=O)CCCCCCCCCCCCCCC)OC(=O)CCCCC(=O)OC(C)[N+]1(C)CCC=C(c2nsnc2OCCCCCC)C1. The number of hydrogen-bond acceptors (Lipinski definition) is 12. The second-order valence-corrected chi connectivity index (χ2v) is 21.0. The van der Waals surface area contributed by atoms with Crippen LogP contribution in [0.1, 0.15) is 271 Å². The second-order valence-electron chi connectivity index (χ2n) is 20.5. The summed E-state index contributed by atoms with van der Waals surface area (Å²) < 4.78 is 38.3. The Hall–Kier alpha value is -3.06. The summed E-state index contributed by atoms with van der Waals surface area (Å²) in [6, 6.07) is 0. The lowest BCUT2D eigenvalue weighted by Crippen LogP contribution is -2.55. The van der Waals surface area contributed by atoms with E-state index in [-0.39, 0.29) is 50.2 Å². The van der Waals surface area contributed by atoms with Crippen LogP contribution in [0.4, 0.5) is 0 Å². The van der Waals surface area contributed by atoms with Crippen LogP contribution in [0.25, 0.3) is 5.57 Å². The van der Waals surface area contributed by atoms with Crippen LogP contribution in [-0.4, -0.2) is 89.4 Å². The Bertz CT molecular complexity index is 1480. The van der Waals surface area contributed by atoms with E-state index < -0.39 is 12.1 Å². The van der Waals surface area contributed by atoms with Gasteiger partial charge in [0.25, 0.3) is 5.88 Å². The molecule has 0 spiro atoms. The average Bonchev–Trinajstić information content (AvgIpc) is 3.82. The number of aromatic nitrogens is 2. The van der Waals surface area contributed by atoms with Crippen molar-refractivity contribution in [1.29, 1.82) is 0 Å². The number of unbranched alkanes of at least 4 members (excludes halogenated alkanes) is 28. The number of likely N-dealkylation sites (N-methyl/N-ethyl adjacent to an activating group) is 1. The standard InChI is InChI=1S/C57H102N3O9S/c1-6-9-12-15-17-19-21-23-25-27-29-31-33-40-52(61)66-47-51(48-67-53(62)41-34-32-30-28-26-24-22-20-18-16-13-10-7-2)69-55(64)43-36-35-42-54(63)68-49(4)60(5)44-38-39-50(46-60)56-57(59-70-58-56)65-45-37-14-11-8-3/h39,49,51H,6-38,40-48H2,1-5H3/q+1. The number of hydrogen-bond donors (Lipinski definition) is 0. The fourth-order valence-corrected chi connectivity index (χ4v) is 9.61. The lowest BCUT2D eigenvalue weighted by Gasteiger charge is -2.41. The Morgan fingerprint density at radius 1 is 0.529 bits per heavy atom. The molecular formula is C57H102N3O9S+. The summed E-state index contributed by atoms with van der Waals surface area (Å²) in [4.78, 5) is 51.5. The van der Waals surface area contributed by atoms with Gasteiger partial charge in [0, 0.05) is 44.6 Å². The molecule has 0 saturated heterocycles. The molecule has 2 heterocycles. The predicted molar refractivity (Wildman–Crippen MR) is 285 cm³/mol. The van der Waals surface area contributed by atoms with Crippen LogP contribution < -0.4 is 4.74 Å². The maximum atomic E-state index is 13.0. The van der Waals surface area contributed by atoms with Gasteiger partial charge in [-0.1, -0.05) is 200 Å². The zero-order valence-corrected chi connectivity index (χ0v) is 46.2. The molecule has 0 amide bonds. The Labute approximate surface area is 430 Å². The van der Waals surface area contributed by atoms with E-state index in [9.17, 15) is 19.2 Å². The van der Waals surface area contributed by atoms with Gasteiger partial charge in [0.15, 0.2) is 6.10 Å². The molecule has 0 N–H and O–H groups in total. The van der Waals surface area contributed by atoms with E-state index in [1.165, 1.54) is 141 Å². The summed E-state index contributed by atoms with van der Waals surface area (Å²) in [7, 11) is 2.09. The normalized spacial score (nSPS) is 15.1. The topological polar surface area (TPSA) is 140 Å². The number of quaternary nitrogens is 1. The molecule has 2 unspecified atom stereocenters. The summed E-state index contributed by atoms with van der Waals surface area (Å²) in [6.45, 7) is 10.4. The largest absolute Gasteiger partial charge is 0.475 e. The van der Waals surface area contributed by atoms with E-state index in [2.05, 4.69) is 42.6 Å². The van der Waals surface area contributed by atoms with Crippen LogP contribution in [0.5, 0.6) is 5.88 Å². The number of rotatable bonds is 47. The van der Waals surface area contributed by atoms with Gasteiger partial charge in [-0.25, -0.2) is 0 Å². The van der Waals surface area contributed by atoms with Gasteiger partial charge in [-0.15, -0.1) is 4.37 Å². The van der Waals surface area contributed by atoms with Gasteiger partial charge in [-0.2, -0.15) is 4.37 Å². The molecule has 404 valence electrons. The molecule has 1 aliphatic heterocycles. The van der Waals surface area contributed by atoms with Crippen molar-refractivity contribution in [3.63, 3.8) is 0 Å². The van der Waals surface area contributed by atoms with Crippen LogP contribution in [0.2, 0.25) is 0 Å². The van der Waals surface area contributed by atoms with Crippen LogP contribution in [0.3, 0.4) is 0 Å². The van der Waals surface area contributed by atoms with Crippen LogP contribution in [0, 0.1) is 0 Å². The first kappa shape index (κ1) is 63.1. The molecule has 0 aliphatic carbocycles. The van der Waals surface area contributed by atoms with Gasteiger partial charge in [0.05, 0.1) is 31.9 Å². The Morgan fingerprint density at radius 2 is 0.914 bits per heavy atom. The highest BCUT2D eigenvalue weighted by molar-refractivity contribution is 6.99. The molecule has 1 aromatic rings. The molecule has 12 nitrogen and oxygen atoms in total. The van der Waals surface area contributed by atoms with Crippen molar-refractivity contribution in [2.75, 3.05) is 40.0 Å². The highest BCUT2D eigenvalue weighted by Gasteiger charge is 2.36. The van der Waals surface area contributed by atoms with Gasteiger partial charge in [-0.3, -0.25) is 23.7 Å². The molecule has 0 aromatic carbocycles. The zero-order valence-electron chi connectivity index (χ0n) is 45.4. The lowest BCUT2D eigenvalue weighted by molar-refractivity contribution is -0.944. The van der Waals surface area contributed by atoms with Crippen molar-refractivity contribution < 1.29 is 47.3 Å². The van der Waals surface area contributed by atoms with Crippen molar-refractivity contribution in [3.8, 4) is 5.88 Å². The minimum Gasteiger partial charge on any atom is -0.475 e. The summed E-state index contributed by atoms with van der Waals surface area (Å²) >= 11 is 1.15. The van der Waals surface area contributed by atoms with Gasteiger partial charge in [0.2, 0.25) is 6.23 Å². The molecule has 70 heavy (non-hydrogen) atoms. The number of nitrogens with zero attached hydrogens (tertiary/aromatic N) is 3. The van der Waals surface area contributed by atoms with Crippen molar-refractivity contribution in [2.45, 2.75) is 278 Å². The molecule has 2 atom stereocenters. The van der Waals surface area contributed by atoms with Gasteiger partial charge < -0.3 is 23.7 Å². The number of carbonyl (C=O) groups is 4. The Balaban J connectivity index is 1.74. The zero-order chi connectivity index (χ0) is 50.8. The van der Waals surface area contributed by atoms with E-state index in [0.717, 1.165) is 87.3 Å². The molecule has 2 rings (SSSR count). The number of ether oxygens (including phenoxy) is 5. The summed E-state index contributed by atoms with van der Waals surface area (Å²) in [5.41, 5.74) is 1.84. The smallest absolute Gasteiger partial charge is 0.310 e. The molecule has 0 radical (unpaired) electrons. The van der Waals surface area contributed by atoms with E-state index in [4.69, 9.17) is 23.7 Å². The summed E-state index contributed by atoms with van der Waals surface area (Å²) in [5, 5.41) is 0. The number of esters is 4. The minimum atomic E-state index is -0.897. The Morgan fingerprint density at radius 3 is 1.37 bits per heavy atom. The van der Waals surface area contributed by atoms with Crippen LogP contribution >= 0.6 is 11.7 Å². The molecule has 1 aliphatic rings. The highest BCUT2D eigenvalue weighted by atomic mass is 32.1. The monoisotopic (exact) mass is 1000 g/mol. The van der Waals surface area contributed by atoms with Crippen molar-refractivity contribution >= 4 is 41.2 Å². The van der Waals surface area contributed by atoms with E-state index >= 15 is 0 Å². The van der Waals surface area contributed by atoms with Gasteiger partial charge in [0.1, 0.15) is 25.5 Å². The molecule has 0 bridgehead atoms. The predicted octanol–water partition coefficient (Wildman–Crippen LogP) is 15.1. The van der Waals surface area contributed by atoms with Gasteiger partial charge >= 0.3 is 23.9 Å². The molecule has 1 aromatic heterocycles. The van der Waals surface area contributed by atoms with E-state index in [1.54, 1.807) is 0 Å². The third-order valence-corrected chi connectivity index (χ3v) is 14.4. The lowest BCUT2D eigenvalue weighted by atomic mass is 10.0. The molecule has 0 fully saturated rings. The second kappa shape index (κ2) is 42.4. The fourth-order valence-electron chi connectivity index (χ4n) is 9.08.